The van der Waals surface area contributed by atoms with Gasteiger partial charge in [-0.25, -0.2) is 0 Å². The van der Waals surface area contributed by atoms with Crippen LogP contribution in [0.25, 0.3) is 11.3 Å². The molecule has 0 radical (unpaired) electrons. The highest BCUT2D eigenvalue weighted by atomic mass is 16.5. The van der Waals surface area contributed by atoms with E-state index in [1.807, 2.05) is 48.5 Å². The van der Waals surface area contributed by atoms with Crippen LogP contribution in [-0.2, 0) is 29.1 Å². The number of aromatic nitrogens is 1. The molecule has 2 amide bonds. The smallest absolute Gasteiger partial charge is 0.243 e. The molecule has 0 fully saturated rings. The summed E-state index contributed by atoms with van der Waals surface area (Å²) in [5, 5.41) is 9.63. The zero-order chi connectivity index (χ0) is 21.3. The van der Waals surface area contributed by atoms with Crippen molar-refractivity contribution < 1.29 is 18.8 Å². The van der Waals surface area contributed by atoms with E-state index in [0.29, 0.717) is 23.7 Å². The van der Waals surface area contributed by atoms with Gasteiger partial charge in [-0.2, -0.15) is 0 Å². The number of hydrogen-bond donors (Lipinski definition) is 2. The van der Waals surface area contributed by atoms with Crippen molar-refractivity contribution in [1.29, 1.82) is 0 Å². The number of amides is 2. The van der Waals surface area contributed by atoms with Crippen LogP contribution in [0.1, 0.15) is 16.9 Å². The average Bonchev–Trinajstić information content (AvgIpc) is 3.25. The van der Waals surface area contributed by atoms with Gasteiger partial charge < -0.3 is 19.9 Å². The molecule has 1 heterocycles. The standard InChI is InChI=1S/C23H23N3O4/c1-3-22(27)24-14-17-9-5-4-8-16(17)12-23(28)25-15-18-13-20(26-30-18)19-10-6-7-11-21(19)29-2/h3-11,13H,1,12,14-15H2,2H3,(H,24,27)(H,25,28). The minimum atomic E-state index is -0.259. The summed E-state index contributed by atoms with van der Waals surface area (Å²) in [5.41, 5.74) is 3.17. The minimum Gasteiger partial charge on any atom is -0.496 e. The summed E-state index contributed by atoms with van der Waals surface area (Å²) >= 11 is 0. The molecule has 0 aliphatic heterocycles. The Morgan fingerprint density at radius 3 is 2.57 bits per heavy atom. The molecule has 0 aliphatic rings. The zero-order valence-corrected chi connectivity index (χ0v) is 16.7. The van der Waals surface area contributed by atoms with E-state index in [-0.39, 0.29) is 24.8 Å². The van der Waals surface area contributed by atoms with Crippen LogP contribution in [0.2, 0.25) is 0 Å². The average molecular weight is 405 g/mol. The van der Waals surface area contributed by atoms with Gasteiger partial charge >= 0.3 is 0 Å². The van der Waals surface area contributed by atoms with Crippen molar-refractivity contribution in [3.63, 3.8) is 0 Å². The molecule has 0 saturated carbocycles. The predicted octanol–water partition coefficient (Wildman–Crippen LogP) is 3.01. The molecule has 3 rings (SSSR count). The second-order valence-electron chi connectivity index (χ2n) is 6.52. The summed E-state index contributed by atoms with van der Waals surface area (Å²) in [6.07, 6.45) is 1.40. The monoisotopic (exact) mass is 405 g/mol. The first-order chi connectivity index (χ1) is 14.6. The Morgan fingerprint density at radius 2 is 1.80 bits per heavy atom. The highest BCUT2D eigenvalue weighted by molar-refractivity contribution is 5.86. The lowest BCUT2D eigenvalue weighted by Crippen LogP contribution is -2.26. The zero-order valence-electron chi connectivity index (χ0n) is 16.7. The SMILES string of the molecule is C=CC(=O)NCc1ccccc1CC(=O)NCc1cc(-c2ccccc2OC)no1. The predicted molar refractivity (Wildman–Crippen MR) is 113 cm³/mol. The van der Waals surface area contributed by atoms with E-state index in [0.717, 1.165) is 16.7 Å². The molecule has 0 unspecified atom stereocenters. The first-order valence-electron chi connectivity index (χ1n) is 9.43. The summed E-state index contributed by atoms with van der Waals surface area (Å²) < 4.78 is 10.7. The Labute approximate surface area is 174 Å². The van der Waals surface area contributed by atoms with Crippen LogP contribution in [0.4, 0.5) is 0 Å². The van der Waals surface area contributed by atoms with Crippen molar-refractivity contribution in [3.05, 3.63) is 84.1 Å². The van der Waals surface area contributed by atoms with E-state index >= 15 is 0 Å². The number of nitrogens with one attached hydrogen (secondary N) is 2. The highest BCUT2D eigenvalue weighted by Crippen LogP contribution is 2.28. The van der Waals surface area contributed by atoms with Crippen molar-refractivity contribution in [2.24, 2.45) is 0 Å². The van der Waals surface area contributed by atoms with E-state index in [1.54, 1.807) is 13.2 Å². The molecular weight excluding hydrogens is 382 g/mol. The lowest BCUT2D eigenvalue weighted by Gasteiger charge is -2.10. The fraction of sp³-hybridized carbons (Fsp3) is 0.174. The molecule has 7 nitrogen and oxygen atoms in total. The van der Waals surface area contributed by atoms with E-state index in [9.17, 15) is 9.59 Å². The van der Waals surface area contributed by atoms with Crippen molar-refractivity contribution in [1.82, 2.24) is 15.8 Å². The van der Waals surface area contributed by atoms with Crippen LogP contribution in [0, 0.1) is 0 Å². The molecule has 1 aromatic heterocycles. The molecule has 3 aromatic rings. The normalized spacial score (nSPS) is 10.3. The molecule has 0 aliphatic carbocycles. The van der Waals surface area contributed by atoms with Crippen LogP contribution < -0.4 is 15.4 Å². The summed E-state index contributed by atoms with van der Waals surface area (Å²) in [6, 6.07) is 16.7. The number of ether oxygens (including phenoxy) is 1. The number of carbonyl (C=O) groups excluding carboxylic acids is 2. The number of rotatable bonds is 9. The van der Waals surface area contributed by atoms with Crippen molar-refractivity contribution in [3.8, 4) is 17.0 Å². The Hall–Kier alpha value is -3.87. The van der Waals surface area contributed by atoms with Gasteiger partial charge in [0.05, 0.1) is 20.1 Å². The van der Waals surface area contributed by atoms with Crippen molar-refractivity contribution >= 4 is 11.8 Å². The minimum absolute atomic E-state index is 0.160. The van der Waals surface area contributed by atoms with Gasteiger partial charge in [0.1, 0.15) is 11.4 Å². The lowest BCUT2D eigenvalue weighted by molar-refractivity contribution is -0.120. The summed E-state index contributed by atoms with van der Waals surface area (Å²) in [4.78, 5) is 23.8. The molecule has 30 heavy (non-hydrogen) atoms. The summed E-state index contributed by atoms with van der Waals surface area (Å²) in [5.74, 6) is 0.815. The van der Waals surface area contributed by atoms with E-state index in [4.69, 9.17) is 9.26 Å². The molecule has 2 aromatic carbocycles. The van der Waals surface area contributed by atoms with Crippen LogP contribution in [0.5, 0.6) is 5.75 Å². The lowest BCUT2D eigenvalue weighted by atomic mass is 10.0. The number of benzene rings is 2. The first-order valence-corrected chi connectivity index (χ1v) is 9.43. The Morgan fingerprint density at radius 1 is 1.07 bits per heavy atom. The number of methoxy groups -OCH3 is 1. The third-order valence-electron chi connectivity index (χ3n) is 4.51. The number of hydrogen-bond acceptors (Lipinski definition) is 5. The van der Waals surface area contributed by atoms with Gasteiger partial charge in [-0.05, 0) is 29.3 Å². The second kappa shape index (κ2) is 10.1. The number of nitrogens with zero attached hydrogens (tertiary/aromatic N) is 1. The maximum atomic E-state index is 12.4. The fourth-order valence-corrected chi connectivity index (χ4v) is 2.96. The third kappa shape index (κ3) is 5.35. The van der Waals surface area contributed by atoms with Gasteiger partial charge in [-0.1, -0.05) is 48.1 Å². The maximum absolute atomic E-state index is 12.4. The highest BCUT2D eigenvalue weighted by Gasteiger charge is 2.13. The molecular formula is C23H23N3O4. The fourth-order valence-electron chi connectivity index (χ4n) is 2.96. The van der Waals surface area contributed by atoms with E-state index < -0.39 is 0 Å². The van der Waals surface area contributed by atoms with Crippen LogP contribution >= 0.6 is 0 Å². The second-order valence-corrected chi connectivity index (χ2v) is 6.52. The van der Waals surface area contributed by atoms with E-state index in [1.165, 1.54) is 6.08 Å². The molecule has 2 N–H and O–H groups in total. The molecule has 0 spiro atoms. The van der Waals surface area contributed by atoms with Crippen LogP contribution in [-0.4, -0.2) is 24.1 Å². The molecule has 154 valence electrons. The molecule has 0 atom stereocenters. The van der Waals surface area contributed by atoms with Gasteiger partial charge in [-0.15, -0.1) is 0 Å². The van der Waals surface area contributed by atoms with Gasteiger partial charge in [0.25, 0.3) is 0 Å². The number of carbonyl (C=O) groups is 2. The Bertz CT molecular complexity index is 1040. The third-order valence-corrected chi connectivity index (χ3v) is 4.51. The quantitative estimate of drug-likeness (QED) is 0.534. The van der Waals surface area contributed by atoms with Gasteiger partial charge in [0.2, 0.25) is 11.8 Å². The first kappa shape index (κ1) is 20.9. The van der Waals surface area contributed by atoms with Gasteiger partial charge in [0, 0.05) is 18.2 Å². The van der Waals surface area contributed by atoms with Crippen molar-refractivity contribution in [2.45, 2.75) is 19.5 Å². The van der Waals surface area contributed by atoms with E-state index in [2.05, 4.69) is 22.4 Å². The molecule has 0 bridgehead atoms. The van der Waals surface area contributed by atoms with Crippen LogP contribution in [0.3, 0.4) is 0 Å². The molecule has 0 saturated heterocycles. The van der Waals surface area contributed by atoms with Gasteiger partial charge in [-0.3, -0.25) is 9.59 Å². The van der Waals surface area contributed by atoms with Crippen molar-refractivity contribution in [2.75, 3.05) is 7.11 Å². The summed E-state index contributed by atoms with van der Waals surface area (Å²) in [6.45, 7) is 3.98. The number of para-hydroxylation sites is 1. The topological polar surface area (TPSA) is 93.5 Å². The van der Waals surface area contributed by atoms with Crippen LogP contribution in [0.15, 0.2) is 71.8 Å². The Balaban J connectivity index is 1.59. The Kier molecular flexibility index (Phi) is 7.00. The largest absolute Gasteiger partial charge is 0.496 e. The maximum Gasteiger partial charge on any atom is 0.243 e. The summed E-state index contributed by atoms with van der Waals surface area (Å²) in [7, 11) is 1.60. The van der Waals surface area contributed by atoms with Gasteiger partial charge in [0.15, 0.2) is 5.76 Å². The molecule has 7 heteroatoms.